The summed E-state index contributed by atoms with van der Waals surface area (Å²) in [6, 6.07) is -0.359. The largest absolute Gasteiger partial charge is 0.481 e. The number of ether oxygens (including phenoxy) is 1. The minimum atomic E-state index is -3.46. The highest BCUT2D eigenvalue weighted by Gasteiger charge is 2.63. The maximum Gasteiger partial charge on any atom is 0.338 e. The lowest BCUT2D eigenvalue weighted by atomic mass is 9.93. The monoisotopic (exact) mass is 643 g/mol. The molecule has 3 unspecified atom stereocenters. The number of carboxylic acid groups (broad SMARTS) is 1. The standard InChI is InChI=1S/C27H26ClF4N5O5S/c1-26(2,25(40)41)10-37-9-15-17(23(37)38)27(31,32)11-36(15)8-14-16(24(39)42-3)20(12-4-5-13(29)19(30)18(12)28)35-21(34-14)22-33-6-7-43-22/h4-7,15,17,20H,8-11H2,1-3H3,(H,34,35)(H,40,41). The quantitative estimate of drug-likeness (QED) is 0.255. The molecule has 16 heteroatoms. The van der Waals surface area contributed by atoms with Gasteiger partial charge in [-0.2, -0.15) is 0 Å². The maximum atomic E-state index is 15.4. The molecular formula is C27H26ClF4N5O5S. The molecule has 0 saturated carbocycles. The van der Waals surface area contributed by atoms with Crippen molar-refractivity contribution >= 4 is 46.6 Å². The number of hydrogen-bond donors (Lipinski definition) is 2. The van der Waals surface area contributed by atoms with Gasteiger partial charge in [0.25, 0.3) is 5.92 Å². The third kappa shape index (κ3) is 5.49. The number of fused-ring (bicyclic) bond motifs is 1. The van der Waals surface area contributed by atoms with E-state index in [0.717, 1.165) is 24.1 Å². The number of carbonyl (C=O) groups is 3. The van der Waals surface area contributed by atoms with E-state index in [1.165, 1.54) is 36.3 Å². The average Bonchev–Trinajstić information content (AvgIpc) is 3.64. The summed E-state index contributed by atoms with van der Waals surface area (Å²) in [6.07, 6.45) is 1.49. The van der Waals surface area contributed by atoms with Crippen LogP contribution in [0.4, 0.5) is 17.6 Å². The fraction of sp³-hybridized carbons (Fsp3) is 0.444. The molecule has 3 atom stereocenters. The summed E-state index contributed by atoms with van der Waals surface area (Å²) >= 11 is 7.34. The number of likely N-dealkylation sites (tertiary alicyclic amines) is 2. The summed E-state index contributed by atoms with van der Waals surface area (Å²) in [5.74, 6) is -10.6. The number of carboxylic acids is 1. The second-order valence-electron chi connectivity index (χ2n) is 11.1. The molecule has 1 aromatic heterocycles. The number of amidine groups is 1. The van der Waals surface area contributed by atoms with Crippen LogP contribution in [-0.4, -0.2) is 88.8 Å². The van der Waals surface area contributed by atoms with Crippen molar-refractivity contribution in [3.8, 4) is 0 Å². The second kappa shape index (κ2) is 11.2. The van der Waals surface area contributed by atoms with Crippen molar-refractivity contribution < 1.29 is 41.8 Å². The Morgan fingerprint density at radius 2 is 2.02 bits per heavy atom. The number of aliphatic imine (C=N–C) groups is 1. The van der Waals surface area contributed by atoms with E-state index in [0.29, 0.717) is 5.01 Å². The Kier molecular flexibility index (Phi) is 8.03. The lowest BCUT2D eigenvalue weighted by Crippen LogP contribution is -2.45. The average molecular weight is 644 g/mol. The van der Waals surface area contributed by atoms with Gasteiger partial charge in [0.1, 0.15) is 12.0 Å². The van der Waals surface area contributed by atoms with E-state index in [-0.39, 0.29) is 42.3 Å². The second-order valence-corrected chi connectivity index (χ2v) is 12.4. The van der Waals surface area contributed by atoms with E-state index in [9.17, 15) is 28.3 Å². The van der Waals surface area contributed by atoms with E-state index in [1.54, 1.807) is 5.38 Å². The minimum Gasteiger partial charge on any atom is -0.481 e. The van der Waals surface area contributed by atoms with Crippen LogP contribution in [0.3, 0.4) is 0 Å². The number of nitrogens with zero attached hydrogens (tertiary/aromatic N) is 4. The number of carbonyl (C=O) groups excluding carboxylic acids is 2. The van der Waals surface area contributed by atoms with E-state index in [2.05, 4.69) is 15.3 Å². The van der Waals surface area contributed by atoms with Gasteiger partial charge in [-0.1, -0.05) is 17.7 Å². The van der Waals surface area contributed by atoms with Crippen LogP contribution in [0.25, 0.3) is 0 Å². The first-order valence-electron chi connectivity index (χ1n) is 13.0. The van der Waals surface area contributed by atoms with Crippen molar-refractivity contribution in [2.45, 2.75) is 31.9 Å². The van der Waals surface area contributed by atoms with E-state index in [1.807, 2.05) is 0 Å². The van der Waals surface area contributed by atoms with Crippen molar-refractivity contribution in [1.82, 2.24) is 20.1 Å². The van der Waals surface area contributed by atoms with Crippen molar-refractivity contribution in [2.24, 2.45) is 16.3 Å². The lowest BCUT2D eigenvalue weighted by Gasteiger charge is -2.32. The first kappa shape index (κ1) is 30.9. The third-order valence-electron chi connectivity index (χ3n) is 7.76. The lowest BCUT2D eigenvalue weighted by molar-refractivity contribution is -0.150. The van der Waals surface area contributed by atoms with Gasteiger partial charge in [0.05, 0.1) is 29.7 Å². The first-order valence-corrected chi connectivity index (χ1v) is 14.3. The SMILES string of the molecule is COC(=O)C1=C(CN2CC(F)(F)C3C(=O)N(CC(C)(C)C(=O)O)CC32)NC(c2nccs2)=NC1c1ccc(F)c(F)c1Cl. The Balaban J connectivity index is 1.56. The third-order valence-corrected chi connectivity index (χ3v) is 8.92. The molecule has 10 nitrogen and oxygen atoms in total. The number of nitrogens with one attached hydrogen (secondary N) is 1. The first-order chi connectivity index (χ1) is 20.2. The molecule has 5 rings (SSSR count). The molecule has 230 valence electrons. The Morgan fingerprint density at radius 1 is 1.30 bits per heavy atom. The van der Waals surface area contributed by atoms with Crippen LogP contribution in [0.2, 0.25) is 5.02 Å². The number of methoxy groups -OCH3 is 1. The number of thiazole rings is 1. The van der Waals surface area contributed by atoms with Gasteiger partial charge >= 0.3 is 11.9 Å². The van der Waals surface area contributed by atoms with Gasteiger partial charge in [-0.25, -0.2) is 27.3 Å². The van der Waals surface area contributed by atoms with E-state index in [4.69, 9.17) is 16.3 Å². The van der Waals surface area contributed by atoms with Crippen LogP contribution in [0.5, 0.6) is 0 Å². The number of aromatic nitrogens is 1. The van der Waals surface area contributed by atoms with Gasteiger partial charge in [0.15, 0.2) is 22.5 Å². The smallest absolute Gasteiger partial charge is 0.338 e. The van der Waals surface area contributed by atoms with Gasteiger partial charge in [-0.3, -0.25) is 19.5 Å². The number of amides is 1. The number of halogens is 5. The van der Waals surface area contributed by atoms with Gasteiger partial charge in [-0.05, 0) is 19.9 Å². The van der Waals surface area contributed by atoms with Gasteiger partial charge in [0, 0.05) is 48.5 Å². The van der Waals surface area contributed by atoms with Gasteiger partial charge in [0.2, 0.25) is 5.91 Å². The summed E-state index contributed by atoms with van der Waals surface area (Å²) in [5.41, 5.74) is -1.57. The maximum absolute atomic E-state index is 15.4. The predicted molar refractivity (Wildman–Crippen MR) is 147 cm³/mol. The zero-order valence-corrected chi connectivity index (χ0v) is 24.6. The predicted octanol–water partition coefficient (Wildman–Crippen LogP) is 3.48. The van der Waals surface area contributed by atoms with Crippen molar-refractivity contribution in [3.05, 3.63) is 62.2 Å². The van der Waals surface area contributed by atoms with Crippen LogP contribution in [0.1, 0.15) is 30.5 Å². The molecule has 2 N–H and O–H groups in total. The minimum absolute atomic E-state index is 0.0612. The number of alkyl halides is 2. The summed E-state index contributed by atoms with van der Waals surface area (Å²) in [7, 11) is 1.09. The highest BCUT2D eigenvalue weighted by molar-refractivity contribution is 7.11. The molecule has 2 fully saturated rings. The number of benzene rings is 1. The zero-order valence-electron chi connectivity index (χ0n) is 23.0. The molecule has 43 heavy (non-hydrogen) atoms. The van der Waals surface area contributed by atoms with E-state index < -0.39 is 70.4 Å². The molecule has 0 aliphatic carbocycles. The van der Waals surface area contributed by atoms with E-state index >= 15 is 8.78 Å². The molecule has 1 aromatic carbocycles. The van der Waals surface area contributed by atoms with Crippen LogP contribution in [-0.2, 0) is 19.1 Å². The number of rotatable bonds is 8. The Bertz CT molecular complexity index is 1550. The summed E-state index contributed by atoms with van der Waals surface area (Å²) < 4.78 is 64.2. The zero-order chi connectivity index (χ0) is 31.4. The fourth-order valence-electron chi connectivity index (χ4n) is 5.62. The van der Waals surface area contributed by atoms with Crippen LogP contribution in [0, 0.1) is 23.0 Å². The summed E-state index contributed by atoms with van der Waals surface area (Å²) in [6.45, 7) is 1.20. The number of hydrogen-bond acceptors (Lipinski definition) is 9. The topological polar surface area (TPSA) is 124 Å². The summed E-state index contributed by atoms with van der Waals surface area (Å²) in [5, 5.41) is 13.9. The van der Waals surface area contributed by atoms with Crippen molar-refractivity contribution in [1.29, 1.82) is 0 Å². The Hall–Kier alpha value is -3.56. The number of esters is 1. The molecule has 0 radical (unpaired) electrons. The van der Waals surface area contributed by atoms with Crippen LogP contribution >= 0.6 is 22.9 Å². The summed E-state index contributed by atoms with van der Waals surface area (Å²) in [4.78, 5) is 49.1. The highest BCUT2D eigenvalue weighted by atomic mass is 35.5. The van der Waals surface area contributed by atoms with Crippen molar-refractivity contribution in [2.75, 3.05) is 33.3 Å². The Labute approximate surface area is 252 Å². The molecule has 2 saturated heterocycles. The van der Waals surface area contributed by atoms with Gasteiger partial charge in [-0.15, -0.1) is 11.3 Å². The molecule has 3 aliphatic rings. The molecule has 1 amide bonds. The molecule has 4 heterocycles. The molecular weight excluding hydrogens is 618 g/mol. The highest BCUT2D eigenvalue weighted by Crippen LogP contribution is 2.45. The van der Waals surface area contributed by atoms with Crippen molar-refractivity contribution in [3.63, 3.8) is 0 Å². The van der Waals surface area contributed by atoms with Crippen LogP contribution < -0.4 is 5.32 Å². The van der Waals surface area contributed by atoms with Crippen LogP contribution in [0.15, 0.2) is 40.0 Å². The normalized spacial score (nSPS) is 23.7. The molecule has 2 aromatic rings. The fourth-order valence-corrected chi connectivity index (χ4v) is 6.46. The van der Waals surface area contributed by atoms with Gasteiger partial charge < -0.3 is 20.1 Å². The molecule has 0 spiro atoms. The molecule has 0 bridgehead atoms. The Morgan fingerprint density at radius 3 is 2.65 bits per heavy atom. The molecule has 3 aliphatic heterocycles. The number of aliphatic carboxylic acids is 1.